The molecule has 0 radical (unpaired) electrons. The fourth-order valence-electron chi connectivity index (χ4n) is 6.09. The number of aromatic carboxylic acids is 2. The van der Waals surface area contributed by atoms with E-state index in [1.54, 1.807) is 0 Å². The zero-order valence-corrected chi connectivity index (χ0v) is 29.9. The van der Waals surface area contributed by atoms with E-state index >= 15 is 0 Å². The molecule has 0 aliphatic rings. The van der Waals surface area contributed by atoms with Gasteiger partial charge in [-0.3, -0.25) is 0 Å². The highest BCUT2D eigenvalue weighted by atomic mass is 16.5. The predicted octanol–water partition coefficient (Wildman–Crippen LogP) is 12.8. The van der Waals surface area contributed by atoms with Gasteiger partial charge in [0.25, 0.3) is 0 Å². The second kappa shape index (κ2) is 30.1. The van der Waals surface area contributed by atoms with Crippen LogP contribution in [0.25, 0.3) is 0 Å². The zero-order chi connectivity index (χ0) is 33.5. The Kier molecular flexibility index (Phi) is 27.4. The molecule has 6 heteroatoms. The molecular formula is C40H70O6. The van der Waals surface area contributed by atoms with Gasteiger partial charge in [0.1, 0.15) is 22.6 Å². The Morgan fingerprint density at radius 3 is 0.848 bits per heavy atom. The summed E-state index contributed by atoms with van der Waals surface area (Å²) in [6, 6.07) is 2.63. The molecule has 0 saturated heterocycles. The molecule has 6 nitrogen and oxygen atoms in total. The van der Waals surface area contributed by atoms with Crippen LogP contribution in [0.4, 0.5) is 0 Å². The van der Waals surface area contributed by atoms with Gasteiger partial charge < -0.3 is 19.7 Å². The number of carboxylic acids is 2. The van der Waals surface area contributed by atoms with Gasteiger partial charge in [-0.15, -0.1) is 0 Å². The van der Waals surface area contributed by atoms with Gasteiger partial charge in [-0.1, -0.05) is 181 Å². The molecule has 0 saturated carbocycles. The largest absolute Gasteiger partial charge is 0.493 e. The van der Waals surface area contributed by atoms with E-state index in [9.17, 15) is 19.8 Å². The molecule has 0 unspecified atom stereocenters. The molecule has 1 aromatic rings. The fraction of sp³-hybridized carbons (Fsp3) is 0.800. The van der Waals surface area contributed by atoms with Crippen LogP contribution in [-0.2, 0) is 0 Å². The molecule has 2 N–H and O–H groups in total. The molecule has 0 bridgehead atoms. The number of benzene rings is 1. The van der Waals surface area contributed by atoms with E-state index in [1.165, 1.54) is 153 Å². The van der Waals surface area contributed by atoms with Crippen molar-refractivity contribution in [2.45, 2.75) is 194 Å². The second-order valence-electron chi connectivity index (χ2n) is 13.3. The van der Waals surface area contributed by atoms with Crippen LogP contribution in [0.5, 0.6) is 11.5 Å². The van der Waals surface area contributed by atoms with Gasteiger partial charge in [0.15, 0.2) is 0 Å². The van der Waals surface area contributed by atoms with Gasteiger partial charge in [-0.25, -0.2) is 9.59 Å². The number of carbonyl (C=O) groups is 2. The van der Waals surface area contributed by atoms with E-state index in [2.05, 4.69) is 13.8 Å². The summed E-state index contributed by atoms with van der Waals surface area (Å²) in [6.45, 7) is 5.26. The number of unbranched alkanes of at least 4 members (excludes halogenated alkanes) is 26. The Balaban J connectivity index is 2.23. The van der Waals surface area contributed by atoms with Crippen LogP contribution in [0, 0.1) is 0 Å². The highest BCUT2D eigenvalue weighted by Gasteiger charge is 2.21. The van der Waals surface area contributed by atoms with Gasteiger partial charge >= 0.3 is 11.9 Å². The van der Waals surface area contributed by atoms with E-state index < -0.39 is 11.9 Å². The van der Waals surface area contributed by atoms with E-state index in [4.69, 9.17) is 9.47 Å². The Morgan fingerprint density at radius 2 is 0.630 bits per heavy atom. The molecule has 46 heavy (non-hydrogen) atoms. The lowest BCUT2D eigenvalue weighted by molar-refractivity contribution is 0.0672. The van der Waals surface area contributed by atoms with Crippen LogP contribution >= 0.6 is 0 Å². The summed E-state index contributed by atoms with van der Waals surface area (Å²) in [6.07, 6.45) is 35.3. The first-order valence-electron chi connectivity index (χ1n) is 19.4. The maximum Gasteiger partial charge on any atom is 0.339 e. The molecule has 0 heterocycles. The fourth-order valence-corrected chi connectivity index (χ4v) is 6.09. The molecule has 0 amide bonds. The molecular weight excluding hydrogens is 576 g/mol. The molecule has 0 fully saturated rings. The quantitative estimate of drug-likeness (QED) is 0.0724. The Labute approximate surface area is 282 Å². The summed E-state index contributed by atoms with van der Waals surface area (Å²) < 4.78 is 11.6. The third-order valence-electron chi connectivity index (χ3n) is 9.05. The monoisotopic (exact) mass is 647 g/mol. The van der Waals surface area contributed by atoms with Crippen molar-refractivity contribution in [3.8, 4) is 11.5 Å². The summed E-state index contributed by atoms with van der Waals surface area (Å²) in [5.74, 6) is -2.09. The minimum Gasteiger partial charge on any atom is -0.493 e. The van der Waals surface area contributed by atoms with E-state index in [0.29, 0.717) is 13.2 Å². The lowest BCUT2D eigenvalue weighted by Crippen LogP contribution is -2.10. The highest BCUT2D eigenvalue weighted by molar-refractivity contribution is 5.97. The van der Waals surface area contributed by atoms with Crippen molar-refractivity contribution in [1.29, 1.82) is 0 Å². The molecule has 266 valence electrons. The summed E-state index contributed by atoms with van der Waals surface area (Å²) in [4.78, 5) is 23.9. The summed E-state index contributed by atoms with van der Waals surface area (Å²) in [5.41, 5.74) is -0.0994. The van der Waals surface area contributed by atoms with Crippen molar-refractivity contribution in [1.82, 2.24) is 0 Å². The highest BCUT2D eigenvalue weighted by Crippen LogP contribution is 2.30. The Bertz CT molecular complexity index is 811. The third-order valence-corrected chi connectivity index (χ3v) is 9.05. The van der Waals surface area contributed by atoms with Gasteiger partial charge in [-0.05, 0) is 25.0 Å². The average molecular weight is 647 g/mol. The SMILES string of the molecule is CCCCCCCCCCCCCCCCOc1cc(C(=O)O)c(OCCCCCCCCCCCCCCCC)cc1C(=O)O. The van der Waals surface area contributed by atoms with Crippen LogP contribution in [0.2, 0.25) is 0 Å². The van der Waals surface area contributed by atoms with Gasteiger partial charge in [0.2, 0.25) is 0 Å². The first-order chi connectivity index (χ1) is 22.5. The maximum absolute atomic E-state index is 11.9. The minimum atomic E-state index is -1.14. The van der Waals surface area contributed by atoms with Crippen molar-refractivity contribution in [2.75, 3.05) is 13.2 Å². The average Bonchev–Trinajstić information content (AvgIpc) is 3.04. The van der Waals surface area contributed by atoms with Gasteiger partial charge in [0, 0.05) is 0 Å². The lowest BCUT2D eigenvalue weighted by Gasteiger charge is -2.14. The number of hydrogen-bond donors (Lipinski definition) is 2. The Hall–Kier alpha value is -2.24. The number of hydrogen-bond acceptors (Lipinski definition) is 4. The standard InChI is InChI=1S/C40H70O6/c1-3-5-7-9-11-13-15-17-19-21-23-25-27-29-31-45-37-33-36(40(43)44)38(34-35(37)39(41)42)46-32-30-28-26-24-22-20-18-16-14-12-10-8-6-4-2/h33-34H,3-32H2,1-2H3,(H,41,42)(H,43,44). The first kappa shape index (κ1) is 41.8. The topological polar surface area (TPSA) is 93.1 Å². The Morgan fingerprint density at radius 1 is 0.413 bits per heavy atom. The summed E-state index contributed by atoms with van der Waals surface area (Å²) in [7, 11) is 0. The smallest absolute Gasteiger partial charge is 0.339 e. The third kappa shape index (κ3) is 22.3. The first-order valence-corrected chi connectivity index (χ1v) is 19.4. The maximum atomic E-state index is 11.9. The van der Waals surface area contributed by atoms with Crippen molar-refractivity contribution in [3.63, 3.8) is 0 Å². The van der Waals surface area contributed by atoms with Crippen LogP contribution in [0.1, 0.15) is 214 Å². The predicted molar refractivity (Wildman–Crippen MR) is 192 cm³/mol. The van der Waals surface area contributed by atoms with E-state index in [0.717, 1.165) is 38.5 Å². The molecule has 0 aliphatic heterocycles. The van der Waals surface area contributed by atoms with Crippen molar-refractivity contribution >= 4 is 11.9 Å². The van der Waals surface area contributed by atoms with Crippen molar-refractivity contribution in [2.24, 2.45) is 0 Å². The molecule has 0 spiro atoms. The second-order valence-corrected chi connectivity index (χ2v) is 13.3. The van der Waals surface area contributed by atoms with Crippen LogP contribution in [0.15, 0.2) is 12.1 Å². The van der Waals surface area contributed by atoms with E-state index in [-0.39, 0.29) is 22.6 Å². The summed E-state index contributed by atoms with van der Waals surface area (Å²) >= 11 is 0. The normalized spacial score (nSPS) is 11.2. The lowest BCUT2D eigenvalue weighted by atomic mass is 10.0. The number of ether oxygens (including phenoxy) is 2. The van der Waals surface area contributed by atoms with Crippen molar-refractivity contribution in [3.05, 3.63) is 23.3 Å². The molecule has 1 rings (SSSR count). The van der Waals surface area contributed by atoms with Crippen LogP contribution in [0.3, 0.4) is 0 Å². The summed E-state index contributed by atoms with van der Waals surface area (Å²) in [5, 5.41) is 19.5. The van der Waals surface area contributed by atoms with E-state index in [1.807, 2.05) is 0 Å². The zero-order valence-electron chi connectivity index (χ0n) is 29.9. The van der Waals surface area contributed by atoms with Gasteiger partial charge in [-0.2, -0.15) is 0 Å². The molecule has 0 aromatic heterocycles. The molecule has 1 aromatic carbocycles. The van der Waals surface area contributed by atoms with Gasteiger partial charge in [0.05, 0.1) is 13.2 Å². The number of carboxylic acid groups (broad SMARTS) is 2. The molecule has 0 atom stereocenters. The molecule has 0 aliphatic carbocycles. The van der Waals surface area contributed by atoms with Crippen LogP contribution in [-0.4, -0.2) is 35.4 Å². The van der Waals surface area contributed by atoms with Crippen LogP contribution < -0.4 is 9.47 Å². The number of rotatable bonds is 34. The minimum absolute atomic E-state index is 0.0497. The van der Waals surface area contributed by atoms with Crippen molar-refractivity contribution < 1.29 is 29.3 Å².